The zero-order chi connectivity index (χ0) is 16.8. The third kappa shape index (κ3) is 2.72. The second-order valence-corrected chi connectivity index (χ2v) is 6.70. The first kappa shape index (κ1) is 15.9. The molecule has 0 unspecified atom stereocenters. The lowest BCUT2D eigenvalue weighted by Gasteiger charge is -2.34. The molecule has 0 bridgehead atoms. The largest absolute Gasteiger partial charge is 0.478 e. The van der Waals surface area contributed by atoms with Gasteiger partial charge in [0.05, 0.1) is 5.56 Å². The minimum atomic E-state index is -1.73. The minimum absolute atomic E-state index is 0.219. The quantitative estimate of drug-likeness (QED) is 0.921. The maximum absolute atomic E-state index is 15.1. The topological polar surface area (TPSA) is 60.9 Å². The number of aromatic carboxylic acids is 1. The Bertz CT molecular complexity index is 663. The fraction of sp³-hybridized carbons (Fsp3) is 0.529. The number of amides is 1. The van der Waals surface area contributed by atoms with Gasteiger partial charge in [-0.25, -0.2) is 9.18 Å². The van der Waals surface area contributed by atoms with Crippen molar-refractivity contribution in [3.05, 3.63) is 34.9 Å². The van der Waals surface area contributed by atoms with E-state index in [9.17, 15) is 9.59 Å². The van der Waals surface area contributed by atoms with Crippen LogP contribution < -0.4 is 0 Å². The third-order valence-corrected chi connectivity index (χ3v) is 5.07. The number of rotatable bonds is 3. The van der Waals surface area contributed by atoms with Crippen LogP contribution in [-0.4, -0.2) is 59.1 Å². The Hall–Kier alpha value is -1.95. The first-order chi connectivity index (χ1) is 10.8. The van der Waals surface area contributed by atoms with Gasteiger partial charge in [0.2, 0.25) is 0 Å². The van der Waals surface area contributed by atoms with Crippen molar-refractivity contribution in [1.29, 1.82) is 0 Å². The lowest BCUT2D eigenvalue weighted by atomic mass is 9.85. The first-order valence-electron chi connectivity index (χ1n) is 7.81. The van der Waals surface area contributed by atoms with E-state index in [-0.39, 0.29) is 17.9 Å². The number of carbonyl (C=O) groups excluding carboxylic acids is 1. The summed E-state index contributed by atoms with van der Waals surface area (Å²) in [5.74, 6) is -1.68. The summed E-state index contributed by atoms with van der Waals surface area (Å²) in [6, 6.07) is 4.83. The van der Waals surface area contributed by atoms with E-state index in [4.69, 9.17) is 5.11 Å². The molecule has 1 aromatic rings. The molecule has 0 radical (unpaired) electrons. The van der Waals surface area contributed by atoms with Crippen LogP contribution in [0.25, 0.3) is 0 Å². The molecule has 2 fully saturated rings. The number of carboxylic acids is 1. The van der Waals surface area contributed by atoms with Crippen LogP contribution >= 0.6 is 0 Å². The smallest absolute Gasteiger partial charge is 0.335 e. The van der Waals surface area contributed by atoms with Crippen molar-refractivity contribution in [3.8, 4) is 0 Å². The number of nitrogens with zero attached hydrogens (tertiary/aromatic N) is 2. The monoisotopic (exact) mass is 320 g/mol. The lowest BCUT2D eigenvalue weighted by molar-refractivity contribution is -0.141. The van der Waals surface area contributed by atoms with Gasteiger partial charge < -0.3 is 14.9 Å². The molecular formula is C17H21FN2O3. The van der Waals surface area contributed by atoms with Gasteiger partial charge in [-0.1, -0.05) is 6.07 Å². The zero-order valence-corrected chi connectivity index (χ0v) is 13.4. The lowest BCUT2D eigenvalue weighted by Crippen LogP contribution is -2.49. The number of benzene rings is 1. The summed E-state index contributed by atoms with van der Waals surface area (Å²) < 4.78 is 15.1. The second kappa shape index (κ2) is 5.60. The highest BCUT2D eigenvalue weighted by molar-refractivity contribution is 5.89. The summed E-state index contributed by atoms with van der Waals surface area (Å²) in [6.45, 7) is 3.75. The van der Waals surface area contributed by atoms with Crippen molar-refractivity contribution >= 4 is 11.9 Å². The highest BCUT2D eigenvalue weighted by Gasteiger charge is 2.56. The molecule has 2 aliphatic rings. The molecule has 1 aromatic carbocycles. The maximum atomic E-state index is 15.1. The van der Waals surface area contributed by atoms with Crippen LogP contribution in [0.1, 0.15) is 27.9 Å². The summed E-state index contributed by atoms with van der Waals surface area (Å²) in [5.41, 5.74) is 0.148. The average molecular weight is 320 g/mol. The number of hydrogen-bond donors (Lipinski definition) is 1. The van der Waals surface area contributed by atoms with Gasteiger partial charge in [0.1, 0.15) is 0 Å². The van der Waals surface area contributed by atoms with E-state index >= 15 is 4.39 Å². The number of carbonyl (C=O) groups is 2. The number of fused-ring (bicyclic) bond motifs is 1. The molecular weight excluding hydrogens is 299 g/mol. The van der Waals surface area contributed by atoms with Gasteiger partial charge in [0.15, 0.2) is 5.67 Å². The number of piperidine rings is 1. The SMILES string of the molecule is Cc1cc(C(=O)O)ccc1CN1C[C@@H]2CN(C)CC[C@]2(F)C1=O. The second-order valence-electron chi connectivity index (χ2n) is 6.70. The van der Waals surface area contributed by atoms with Crippen molar-refractivity contribution in [1.82, 2.24) is 9.80 Å². The van der Waals surface area contributed by atoms with Crippen LogP contribution in [0.5, 0.6) is 0 Å². The van der Waals surface area contributed by atoms with Crippen molar-refractivity contribution < 1.29 is 19.1 Å². The average Bonchev–Trinajstić information content (AvgIpc) is 2.73. The van der Waals surface area contributed by atoms with Gasteiger partial charge in [-0.05, 0) is 37.2 Å². The van der Waals surface area contributed by atoms with Crippen LogP contribution in [0.3, 0.4) is 0 Å². The van der Waals surface area contributed by atoms with Gasteiger partial charge in [0.25, 0.3) is 5.91 Å². The molecule has 2 atom stereocenters. The molecule has 23 heavy (non-hydrogen) atoms. The van der Waals surface area contributed by atoms with E-state index in [2.05, 4.69) is 4.90 Å². The number of hydrogen-bond acceptors (Lipinski definition) is 3. The summed E-state index contributed by atoms with van der Waals surface area (Å²) in [6.07, 6.45) is 0.250. The van der Waals surface area contributed by atoms with Crippen LogP contribution in [-0.2, 0) is 11.3 Å². The van der Waals surface area contributed by atoms with Crippen molar-refractivity contribution in [3.63, 3.8) is 0 Å². The molecule has 124 valence electrons. The normalized spacial score (nSPS) is 28.0. The van der Waals surface area contributed by atoms with Crippen LogP contribution in [0.4, 0.5) is 4.39 Å². The molecule has 0 spiro atoms. The molecule has 2 saturated heterocycles. The Labute approximate surface area is 134 Å². The predicted octanol–water partition coefficient (Wildman–Crippen LogP) is 1.70. The molecule has 0 aromatic heterocycles. The van der Waals surface area contributed by atoms with Crippen molar-refractivity contribution in [2.24, 2.45) is 5.92 Å². The molecule has 6 heteroatoms. The Kier molecular flexibility index (Phi) is 3.88. The molecule has 1 N–H and O–H groups in total. The van der Waals surface area contributed by atoms with E-state index in [0.717, 1.165) is 11.1 Å². The highest BCUT2D eigenvalue weighted by atomic mass is 19.1. The van der Waals surface area contributed by atoms with Gasteiger partial charge in [-0.15, -0.1) is 0 Å². The Balaban J connectivity index is 1.79. The molecule has 3 rings (SSSR count). The van der Waals surface area contributed by atoms with Gasteiger partial charge in [-0.2, -0.15) is 0 Å². The van der Waals surface area contributed by atoms with Crippen molar-refractivity contribution in [2.75, 3.05) is 26.7 Å². The van der Waals surface area contributed by atoms with Gasteiger partial charge in [0, 0.05) is 38.5 Å². The first-order valence-corrected chi connectivity index (χ1v) is 7.81. The van der Waals surface area contributed by atoms with Crippen molar-refractivity contribution in [2.45, 2.75) is 25.6 Å². The number of halogens is 1. The van der Waals surface area contributed by atoms with E-state index < -0.39 is 17.5 Å². The van der Waals surface area contributed by atoms with Crippen LogP contribution in [0.2, 0.25) is 0 Å². The Morgan fingerprint density at radius 2 is 2.17 bits per heavy atom. The zero-order valence-electron chi connectivity index (χ0n) is 13.4. The molecule has 0 saturated carbocycles. The third-order valence-electron chi connectivity index (χ3n) is 5.07. The fourth-order valence-electron chi connectivity index (χ4n) is 3.61. The Morgan fingerprint density at radius 3 is 2.83 bits per heavy atom. The Morgan fingerprint density at radius 1 is 1.43 bits per heavy atom. The van der Waals surface area contributed by atoms with E-state index in [1.54, 1.807) is 17.0 Å². The summed E-state index contributed by atoms with van der Waals surface area (Å²) >= 11 is 0. The van der Waals surface area contributed by atoms with Crippen LogP contribution in [0, 0.1) is 12.8 Å². The number of alkyl halides is 1. The van der Waals surface area contributed by atoms with E-state index in [0.29, 0.717) is 26.2 Å². The number of aryl methyl sites for hydroxylation is 1. The molecule has 1 amide bonds. The molecule has 5 nitrogen and oxygen atoms in total. The summed E-state index contributed by atoms with van der Waals surface area (Å²) in [7, 11) is 1.95. The molecule has 0 aliphatic carbocycles. The molecule has 2 heterocycles. The van der Waals surface area contributed by atoms with E-state index in [1.165, 1.54) is 6.07 Å². The summed E-state index contributed by atoms with van der Waals surface area (Å²) in [4.78, 5) is 27.1. The minimum Gasteiger partial charge on any atom is -0.478 e. The van der Waals surface area contributed by atoms with Gasteiger partial charge in [-0.3, -0.25) is 4.79 Å². The highest BCUT2D eigenvalue weighted by Crippen LogP contribution is 2.40. The summed E-state index contributed by atoms with van der Waals surface area (Å²) in [5, 5.41) is 9.01. The van der Waals surface area contributed by atoms with Crippen LogP contribution in [0.15, 0.2) is 18.2 Å². The van der Waals surface area contributed by atoms with E-state index in [1.807, 2.05) is 14.0 Å². The van der Waals surface area contributed by atoms with Gasteiger partial charge >= 0.3 is 5.97 Å². The number of carboxylic acid groups (broad SMARTS) is 1. The number of likely N-dealkylation sites (tertiary alicyclic amines) is 2. The standard InChI is InChI=1S/C17H21FN2O3/c1-11-7-12(15(21)22)3-4-13(11)8-20-10-14-9-19(2)6-5-17(14,18)16(20)23/h3-4,7,14H,5-6,8-10H2,1-2H3,(H,21,22)/t14-,17+/m0/s1. The maximum Gasteiger partial charge on any atom is 0.335 e. The predicted molar refractivity (Wildman–Crippen MR) is 83.0 cm³/mol. The fourth-order valence-corrected chi connectivity index (χ4v) is 3.61. The molecule has 2 aliphatic heterocycles.